The summed E-state index contributed by atoms with van der Waals surface area (Å²) < 4.78 is 16.0. The van der Waals surface area contributed by atoms with E-state index in [0.717, 1.165) is 42.9 Å². The van der Waals surface area contributed by atoms with E-state index in [9.17, 15) is 4.79 Å². The van der Waals surface area contributed by atoms with E-state index in [4.69, 9.17) is 19.7 Å². The molecule has 1 fully saturated rings. The molecule has 1 aromatic heterocycles. The summed E-state index contributed by atoms with van der Waals surface area (Å²) in [6, 6.07) is 7.99. The first kappa shape index (κ1) is 17.3. The van der Waals surface area contributed by atoms with Crippen molar-refractivity contribution in [3.05, 3.63) is 41.3 Å². The van der Waals surface area contributed by atoms with Crippen molar-refractivity contribution in [1.82, 2.24) is 10.1 Å². The molecule has 2 N–H and O–H groups in total. The molecule has 2 aromatic rings. The monoisotopic (exact) mass is 345 g/mol. The van der Waals surface area contributed by atoms with Gasteiger partial charge in [0.1, 0.15) is 11.5 Å². The Balaban J connectivity index is 1.72. The number of aryl methyl sites for hydroxylation is 1. The molecule has 0 unspecified atom stereocenters. The van der Waals surface area contributed by atoms with Gasteiger partial charge in [-0.15, -0.1) is 0 Å². The predicted octanol–water partition coefficient (Wildman–Crippen LogP) is 2.19. The fourth-order valence-corrected chi connectivity index (χ4v) is 3.21. The minimum atomic E-state index is -0.519. The van der Waals surface area contributed by atoms with Gasteiger partial charge in [-0.1, -0.05) is 11.2 Å². The molecule has 0 spiro atoms. The summed E-state index contributed by atoms with van der Waals surface area (Å²) in [5.41, 5.74) is 7.21. The second-order valence-electron chi connectivity index (χ2n) is 6.23. The van der Waals surface area contributed by atoms with Gasteiger partial charge in [0.05, 0.1) is 13.2 Å². The van der Waals surface area contributed by atoms with Crippen molar-refractivity contribution in [3.63, 3.8) is 0 Å². The van der Waals surface area contributed by atoms with Crippen LogP contribution in [-0.2, 0) is 11.3 Å². The molecule has 3 rings (SSSR count). The molecule has 134 valence electrons. The maximum atomic E-state index is 10.9. The minimum Gasteiger partial charge on any atom is -0.493 e. The number of ether oxygens (including phenoxy) is 2. The fourth-order valence-electron chi connectivity index (χ4n) is 3.21. The average Bonchev–Trinajstić information content (AvgIpc) is 3.22. The highest BCUT2D eigenvalue weighted by Gasteiger charge is 2.28. The predicted molar refractivity (Wildman–Crippen MR) is 91.3 cm³/mol. The Morgan fingerprint density at radius 3 is 2.92 bits per heavy atom. The zero-order chi connectivity index (χ0) is 17.8. The summed E-state index contributed by atoms with van der Waals surface area (Å²) in [6.45, 7) is 3.53. The van der Waals surface area contributed by atoms with Crippen molar-refractivity contribution >= 4 is 5.91 Å². The topological polar surface area (TPSA) is 90.8 Å². The van der Waals surface area contributed by atoms with E-state index in [1.165, 1.54) is 0 Å². The number of likely N-dealkylation sites (tertiary alicyclic amines) is 1. The van der Waals surface area contributed by atoms with Crippen LogP contribution in [0.5, 0.6) is 11.5 Å². The van der Waals surface area contributed by atoms with Gasteiger partial charge in [0.2, 0.25) is 0 Å². The van der Waals surface area contributed by atoms with Gasteiger partial charge in [0.25, 0.3) is 5.91 Å². The Morgan fingerprint density at radius 2 is 2.24 bits per heavy atom. The minimum absolute atomic E-state index is 0.171. The lowest BCUT2D eigenvalue weighted by atomic mass is 10.1. The van der Waals surface area contributed by atoms with Crippen LogP contribution in [0, 0.1) is 6.92 Å². The zero-order valence-corrected chi connectivity index (χ0v) is 14.5. The molecule has 0 radical (unpaired) electrons. The van der Waals surface area contributed by atoms with Gasteiger partial charge in [-0.25, -0.2) is 0 Å². The Hall–Kier alpha value is -2.54. The third-order valence-corrected chi connectivity index (χ3v) is 4.33. The van der Waals surface area contributed by atoms with Gasteiger partial charge in [-0.2, -0.15) is 0 Å². The molecule has 2 heterocycles. The molecule has 7 nitrogen and oxygen atoms in total. The Kier molecular flexibility index (Phi) is 5.23. The molecule has 1 atom stereocenters. The highest BCUT2D eigenvalue weighted by atomic mass is 16.5. The van der Waals surface area contributed by atoms with Crippen LogP contribution in [0.4, 0.5) is 0 Å². The Morgan fingerprint density at radius 1 is 1.40 bits per heavy atom. The highest BCUT2D eigenvalue weighted by Crippen LogP contribution is 2.34. The number of nitrogens with two attached hydrogens (primary N) is 1. The summed E-state index contributed by atoms with van der Waals surface area (Å²) in [5, 5.41) is 4.17. The normalized spacial score (nSPS) is 17.6. The first-order valence-corrected chi connectivity index (χ1v) is 8.32. The zero-order valence-electron chi connectivity index (χ0n) is 14.5. The number of rotatable bonds is 7. The number of primary amides is 1. The number of carbonyl (C=O) groups is 1. The number of hydrogen-bond acceptors (Lipinski definition) is 6. The van der Waals surface area contributed by atoms with E-state index >= 15 is 0 Å². The molecule has 1 aliphatic heterocycles. The van der Waals surface area contributed by atoms with Crippen LogP contribution >= 0.6 is 0 Å². The van der Waals surface area contributed by atoms with E-state index in [1.54, 1.807) is 7.11 Å². The van der Waals surface area contributed by atoms with Crippen LogP contribution in [0.3, 0.4) is 0 Å². The molecule has 7 heteroatoms. The van der Waals surface area contributed by atoms with Crippen LogP contribution in [0.2, 0.25) is 0 Å². The van der Waals surface area contributed by atoms with Crippen LogP contribution in [0.25, 0.3) is 0 Å². The number of methoxy groups -OCH3 is 1. The van der Waals surface area contributed by atoms with Crippen LogP contribution in [0.15, 0.2) is 28.8 Å². The molecule has 0 saturated carbocycles. The molecular formula is C18H23N3O4. The smallest absolute Gasteiger partial charge is 0.255 e. The Labute approximate surface area is 146 Å². The van der Waals surface area contributed by atoms with Gasteiger partial charge in [-0.3, -0.25) is 9.69 Å². The molecule has 1 aromatic carbocycles. The Bertz CT molecular complexity index is 744. The van der Waals surface area contributed by atoms with E-state index in [2.05, 4.69) is 10.1 Å². The van der Waals surface area contributed by atoms with Gasteiger partial charge < -0.3 is 19.7 Å². The lowest BCUT2D eigenvalue weighted by Gasteiger charge is -2.23. The molecule has 0 bridgehead atoms. The summed E-state index contributed by atoms with van der Waals surface area (Å²) in [4.78, 5) is 13.3. The van der Waals surface area contributed by atoms with Crippen molar-refractivity contribution in [2.45, 2.75) is 32.4 Å². The maximum absolute atomic E-state index is 10.9. The summed E-state index contributed by atoms with van der Waals surface area (Å²) in [6.07, 6.45) is 2.20. The molecule has 1 aliphatic rings. The lowest BCUT2D eigenvalue weighted by Crippen LogP contribution is -2.23. The van der Waals surface area contributed by atoms with Gasteiger partial charge in [-0.05, 0) is 44.0 Å². The second-order valence-corrected chi connectivity index (χ2v) is 6.23. The second kappa shape index (κ2) is 7.57. The first-order valence-electron chi connectivity index (χ1n) is 8.32. The first-order chi connectivity index (χ1) is 12.1. The van der Waals surface area contributed by atoms with Gasteiger partial charge in [0.15, 0.2) is 18.1 Å². The van der Waals surface area contributed by atoms with E-state index in [0.29, 0.717) is 11.5 Å². The summed E-state index contributed by atoms with van der Waals surface area (Å²) in [5.74, 6) is 1.41. The molecule has 25 heavy (non-hydrogen) atoms. The third kappa shape index (κ3) is 4.11. The average molecular weight is 345 g/mol. The lowest BCUT2D eigenvalue weighted by molar-refractivity contribution is -0.119. The van der Waals surface area contributed by atoms with Crippen molar-refractivity contribution < 1.29 is 18.8 Å². The number of nitrogens with zero attached hydrogens (tertiary/aromatic N) is 2. The van der Waals surface area contributed by atoms with E-state index in [-0.39, 0.29) is 12.6 Å². The van der Waals surface area contributed by atoms with Gasteiger partial charge in [0, 0.05) is 12.6 Å². The molecular weight excluding hydrogens is 322 g/mol. The van der Waals surface area contributed by atoms with Crippen molar-refractivity contribution in [2.24, 2.45) is 5.73 Å². The molecule has 1 amide bonds. The third-order valence-electron chi connectivity index (χ3n) is 4.33. The highest BCUT2D eigenvalue weighted by molar-refractivity contribution is 5.75. The fraction of sp³-hybridized carbons (Fsp3) is 0.444. The van der Waals surface area contributed by atoms with Crippen molar-refractivity contribution in [3.8, 4) is 11.5 Å². The van der Waals surface area contributed by atoms with E-state index < -0.39 is 5.91 Å². The molecule has 1 saturated heterocycles. The number of hydrogen-bond donors (Lipinski definition) is 1. The SMILES string of the molecule is COc1cc(CN2CCC[C@@H]2c2cc(C)on2)ccc1OCC(N)=O. The summed E-state index contributed by atoms with van der Waals surface area (Å²) in [7, 11) is 1.58. The standard InChI is InChI=1S/C18H23N3O4/c1-12-8-14(20-25-12)15-4-3-7-21(15)10-13-5-6-16(17(9-13)23-2)24-11-18(19)22/h5-6,8-9,15H,3-4,7,10-11H2,1-2H3,(H2,19,22)/t15-/m1/s1. The number of amides is 1. The van der Waals surface area contributed by atoms with E-state index in [1.807, 2.05) is 31.2 Å². The van der Waals surface area contributed by atoms with Crippen LogP contribution in [-0.4, -0.2) is 36.2 Å². The van der Waals surface area contributed by atoms with Crippen molar-refractivity contribution in [2.75, 3.05) is 20.3 Å². The van der Waals surface area contributed by atoms with Gasteiger partial charge >= 0.3 is 0 Å². The summed E-state index contributed by atoms with van der Waals surface area (Å²) >= 11 is 0. The number of aromatic nitrogens is 1. The number of benzene rings is 1. The maximum Gasteiger partial charge on any atom is 0.255 e. The van der Waals surface area contributed by atoms with Crippen LogP contribution in [0.1, 0.15) is 35.9 Å². The molecule has 0 aliphatic carbocycles. The quantitative estimate of drug-likeness (QED) is 0.827. The largest absolute Gasteiger partial charge is 0.493 e. The van der Waals surface area contributed by atoms with Crippen molar-refractivity contribution in [1.29, 1.82) is 0 Å². The number of carbonyl (C=O) groups excluding carboxylic acids is 1. The van der Waals surface area contributed by atoms with Crippen LogP contribution < -0.4 is 15.2 Å².